The molecule has 0 amide bonds. The Bertz CT molecular complexity index is 169. The molecule has 1 aliphatic heterocycles. The Morgan fingerprint density at radius 3 is 2.71 bits per heavy atom. The number of hydrogen-bond donors (Lipinski definition) is 2. The van der Waals surface area contributed by atoms with E-state index in [0.29, 0.717) is 12.6 Å². The van der Waals surface area contributed by atoms with Crippen molar-refractivity contribution in [3.05, 3.63) is 0 Å². The summed E-state index contributed by atoms with van der Waals surface area (Å²) in [4.78, 5) is 2.55. The zero-order valence-corrected chi connectivity index (χ0v) is 8.91. The van der Waals surface area contributed by atoms with E-state index >= 15 is 0 Å². The van der Waals surface area contributed by atoms with Crippen molar-refractivity contribution in [2.24, 2.45) is 0 Å². The quantitative estimate of drug-likeness (QED) is 0.681. The molecule has 2 N–H and O–H groups in total. The van der Waals surface area contributed by atoms with Gasteiger partial charge in [0, 0.05) is 25.2 Å². The fourth-order valence-corrected chi connectivity index (χ4v) is 2.84. The van der Waals surface area contributed by atoms with Gasteiger partial charge in [-0.15, -0.1) is 0 Å². The predicted molar refractivity (Wildman–Crippen MR) is 57.3 cm³/mol. The van der Waals surface area contributed by atoms with E-state index in [1.54, 1.807) is 0 Å². The van der Waals surface area contributed by atoms with E-state index in [1.807, 2.05) is 0 Å². The third-order valence-electron chi connectivity index (χ3n) is 3.62. The van der Waals surface area contributed by atoms with Crippen molar-refractivity contribution in [1.29, 1.82) is 0 Å². The largest absolute Gasteiger partial charge is 0.395 e. The van der Waals surface area contributed by atoms with Crippen molar-refractivity contribution >= 4 is 0 Å². The third-order valence-corrected chi connectivity index (χ3v) is 3.62. The minimum atomic E-state index is 0.309. The molecule has 1 unspecified atom stereocenters. The second kappa shape index (κ2) is 5.10. The lowest BCUT2D eigenvalue weighted by molar-refractivity contribution is 0.0933. The Morgan fingerprint density at radius 2 is 2.00 bits per heavy atom. The van der Waals surface area contributed by atoms with Gasteiger partial charge in [0.2, 0.25) is 0 Å². The molecule has 1 saturated heterocycles. The zero-order chi connectivity index (χ0) is 9.80. The highest BCUT2D eigenvalue weighted by Gasteiger charge is 2.28. The molecule has 2 aliphatic rings. The van der Waals surface area contributed by atoms with Gasteiger partial charge in [0.25, 0.3) is 0 Å². The second-order valence-corrected chi connectivity index (χ2v) is 4.57. The van der Waals surface area contributed by atoms with Crippen LogP contribution in [0.2, 0.25) is 0 Å². The fraction of sp³-hybridized carbons (Fsp3) is 1.00. The fourth-order valence-electron chi connectivity index (χ4n) is 2.84. The van der Waals surface area contributed by atoms with Crippen molar-refractivity contribution in [3.8, 4) is 0 Å². The molecule has 1 heterocycles. The Balaban J connectivity index is 1.96. The maximum absolute atomic E-state index is 9.37. The SMILES string of the molecule is OCC1CNCCCN1C1CCCC1. The minimum Gasteiger partial charge on any atom is -0.395 e. The molecule has 2 rings (SSSR count). The molecular formula is C11H22N2O. The lowest BCUT2D eigenvalue weighted by atomic mass is 10.1. The first-order chi connectivity index (χ1) is 6.92. The molecule has 3 heteroatoms. The Kier molecular flexibility index (Phi) is 3.79. The highest BCUT2D eigenvalue weighted by molar-refractivity contribution is 4.85. The maximum atomic E-state index is 9.37. The van der Waals surface area contributed by atoms with Gasteiger partial charge in [-0.3, -0.25) is 4.90 Å². The molecule has 1 aliphatic carbocycles. The van der Waals surface area contributed by atoms with Gasteiger partial charge < -0.3 is 10.4 Å². The van der Waals surface area contributed by atoms with E-state index in [9.17, 15) is 5.11 Å². The van der Waals surface area contributed by atoms with Crippen LogP contribution in [-0.2, 0) is 0 Å². The van der Waals surface area contributed by atoms with Crippen LogP contribution in [0.15, 0.2) is 0 Å². The van der Waals surface area contributed by atoms with Crippen molar-refractivity contribution in [1.82, 2.24) is 10.2 Å². The number of nitrogens with zero attached hydrogens (tertiary/aromatic N) is 1. The van der Waals surface area contributed by atoms with E-state index in [2.05, 4.69) is 10.2 Å². The van der Waals surface area contributed by atoms with Crippen molar-refractivity contribution in [2.45, 2.75) is 44.2 Å². The summed E-state index contributed by atoms with van der Waals surface area (Å²) in [5.41, 5.74) is 0. The molecule has 0 aromatic heterocycles. The van der Waals surface area contributed by atoms with Crippen LogP contribution in [0.5, 0.6) is 0 Å². The van der Waals surface area contributed by atoms with Crippen molar-refractivity contribution in [2.75, 3.05) is 26.2 Å². The molecule has 0 spiro atoms. The topological polar surface area (TPSA) is 35.5 Å². The number of rotatable bonds is 2. The van der Waals surface area contributed by atoms with Crippen molar-refractivity contribution < 1.29 is 5.11 Å². The molecule has 0 radical (unpaired) electrons. The molecule has 0 aromatic carbocycles. The normalized spacial score (nSPS) is 31.9. The van der Waals surface area contributed by atoms with Crippen LogP contribution in [0.4, 0.5) is 0 Å². The highest BCUT2D eigenvalue weighted by Crippen LogP contribution is 2.25. The summed E-state index contributed by atoms with van der Waals surface area (Å²) in [5, 5.41) is 12.8. The summed E-state index contributed by atoms with van der Waals surface area (Å²) < 4.78 is 0. The Labute approximate surface area is 86.5 Å². The van der Waals surface area contributed by atoms with Gasteiger partial charge in [0.15, 0.2) is 0 Å². The van der Waals surface area contributed by atoms with E-state index in [1.165, 1.54) is 38.6 Å². The van der Waals surface area contributed by atoms with Gasteiger partial charge in [-0.1, -0.05) is 12.8 Å². The molecule has 3 nitrogen and oxygen atoms in total. The number of hydrogen-bond acceptors (Lipinski definition) is 3. The summed E-state index contributed by atoms with van der Waals surface area (Å²) in [7, 11) is 0. The number of aliphatic hydroxyl groups excluding tert-OH is 1. The first-order valence-corrected chi connectivity index (χ1v) is 5.99. The summed E-state index contributed by atoms with van der Waals surface area (Å²) >= 11 is 0. The number of aliphatic hydroxyl groups is 1. The van der Waals surface area contributed by atoms with Crippen LogP contribution < -0.4 is 5.32 Å². The summed E-state index contributed by atoms with van der Waals surface area (Å²) in [6.07, 6.45) is 6.68. The number of nitrogens with one attached hydrogen (secondary N) is 1. The lowest BCUT2D eigenvalue weighted by Gasteiger charge is -2.33. The first-order valence-electron chi connectivity index (χ1n) is 5.99. The first kappa shape index (κ1) is 10.4. The summed E-state index contributed by atoms with van der Waals surface area (Å²) in [5.74, 6) is 0. The van der Waals surface area contributed by atoms with Crippen LogP contribution in [0.1, 0.15) is 32.1 Å². The smallest absolute Gasteiger partial charge is 0.0599 e. The average molecular weight is 198 g/mol. The monoisotopic (exact) mass is 198 g/mol. The van der Waals surface area contributed by atoms with Gasteiger partial charge >= 0.3 is 0 Å². The maximum Gasteiger partial charge on any atom is 0.0599 e. The second-order valence-electron chi connectivity index (χ2n) is 4.57. The molecule has 2 fully saturated rings. The van der Waals surface area contributed by atoms with Crippen LogP contribution in [0, 0.1) is 0 Å². The predicted octanol–water partition coefficient (Wildman–Crippen LogP) is 0.585. The summed E-state index contributed by atoms with van der Waals surface area (Å²) in [6.45, 7) is 3.55. The van der Waals surface area contributed by atoms with Crippen LogP contribution >= 0.6 is 0 Å². The molecule has 0 aromatic rings. The van der Waals surface area contributed by atoms with Gasteiger partial charge in [0.1, 0.15) is 0 Å². The van der Waals surface area contributed by atoms with E-state index in [0.717, 1.165) is 19.1 Å². The van der Waals surface area contributed by atoms with Gasteiger partial charge in [-0.05, 0) is 25.8 Å². The van der Waals surface area contributed by atoms with E-state index in [-0.39, 0.29) is 0 Å². The lowest BCUT2D eigenvalue weighted by Crippen LogP contribution is -2.47. The van der Waals surface area contributed by atoms with Crippen molar-refractivity contribution in [3.63, 3.8) is 0 Å². The average Bonchev–Trinajstić information content (AvgIpc) is 2.63. The van der Waals surface area contributed by atoms with E-state index < -0.39 is 0 Å². The molecule has 1 atom stereocenters. The molecule has 0 bridgehead atoms. The van der Waals surface area contributed by atoms with Gasteiger partial charge in [-0.25, -0.2) is 0 Å². The Hall–Kier alpha value is -0.120. The van der Waals surface area contributed by atoms with Gasteiger partial charge in [-0.2, -0.15) is 0 Å². The van der Waals surface area contributed by atoms with E-state index in [4.69, 9.17) is 0 Å². The molecule has 14 heavy (non-hydrogen) atoms. The third kappa shape index (κ3) is 2.27. The molecule has 82 valence electrons. The molecular weight excluding hydrogens is 176 g/mol. The standard InChI is InChI=1S/C11H22N2O/c14-9-11-8-12-6-3-7-13(11)10-4-1-2-5-10/h10-12,14H,1-9H2. The zero-order valence-electron chi connectivity index (χ0n) is 8.91. The highest BCUT2D eigenvalue weighted by atomic mass is 16.3. The summed E-state index contributed by atoms with van der Waals surface area (Å²) in [6, 6.07) is 1.12. The van der Waals surface area contributed by atoms with Crippen LogP contribution in [-0.4, -0.2) is 48.3 Å². The minimum absolute atomic E-state index is 0.309. The van der Waals surface area contributed by atoms with Crippen LogP contribution in [0.3, 0.4) is 0 Å². The molecule has 1 saturated carbocycles. The van der Waals surface area contributed by atoms with Gasteiger partial charge in [0.05, 0.1) is 6.61 Å². The Morgan fingerprint density at radius 1 is 1.21 bits per heavy atom. The van der Waals surface area contributed by atoms with Crippen LogP contribution in [0.25, 0.3) is 0 Å².